The van der Waals surface area contributed by atoms with Crippen molar-refractivity contribution in [1.82, 2.24) is 15.2 Å². The number of nitrogens with zero attached hydrogens (tertiary/aromatic N) is 4. The van der Waals surface area contributed by atoms with Crippen LogP contribution < -0.4 is 14.4 Å². The van der Waals surface area contributed by atoms with E-state index in [1.54, 1.807) is 4.90 Å². The van der Waals surface area contributed by atoms with Crippen molar-refractivity contribution in [1.29, 1.82) is 0 Å². The van der Waals surface area contributed by atoms with E-state index in [4.69, 9.17) is 9.47 Å². The summed E-state index contributed by atoms with van der Waals surface area (Å²) in [5.74, 6) is 0.807. The van der Waals surface area contributed by atoms with E-state index in [2.05, 4.69) is 47.0 Å². The van der Waals surface area contributed by atoms with Crippen LogP contribution in [0.25, 0.3) is 11.3 Å². The number of hydrogen-bond acceptors (Lipinski definition) is 7. The third-order valence-electron chi connectivity index (χ3n) is 4.86. The van der Waals surface area contributed by atoms with Crippen LogP contribution in [0, 0.1) is 0 Å². The Bertz CT molecular complexity index is 1180. The molecule has 1 aliphatic heterocycles. The first-order chi connectivity index (χ1) is 15.5. The van der Waals surface area contributed by atoms with Gasteiger partial charge in [0, 0.05) is 16.5 Å². The number of aromatic nitrogens is 3. The molecule has 2 aromatic carbocycles. The fourth-order valence-corrected chi connectivity index (χ4v) is 5.17. The van der Waals surface area contributed by atoms with E-state index >= 15 is 0 Å². The van der Waals surface area contributed by atoms with Crippen LogP contribution >= 0.6 is 43.6 Å². The van der Waals surface area contributed by atoms with Crippen LogP contribution in [-0.2, 0) is 4.79 Å². The van der Waals surface area contributed by atoms with E-state index in [0.717, 1.165) is 14.5 Å². The number of carbonyl (C=O) groups is 1. The number of halogens is 2. The highest BCUT2D eigenvalue weighted by Gasteiger charge is 2.37. The normalized spacial score (nSPS) is 14.8. The zero-order valence-electron chi connectivity index (χ0n) is 17.6. The summed E-state index contributed by atoms with van der Waals surface area (Å²) in [6, 6.07) is 11.3. The van der Waals surface area contributed by atoms with Crippen molar-refractivity contribution in [3.63, 3.8) is 0 Å². The molecule has 0 radical (unpaired) electrons. The molecule has 0 unspecified atom stereocenters. The van der Waals surface area contributed by atoms with E-state index in [1.807, 2.05) is 56.5 Å². The van der Waals surface area contributed by atoms with Crippen molar-refractivity contribution in [2.24, 2.45) is 0 Å². The number of rotatable bonds is 5. The smallest absolute Gasteiger partial charge is 0.247 e. The minimum absolute atomic E-state index is 0.105. The molecule has 166 valence electrons. The molecule has 1 atom stereocenters. The monoisotopic (exact) mass is 578 g/mol. The van der Waals surface area contributed by atoms with E-state index in [9.17, 15) is 4.79 Å². The summed E-state index contributed by atoms with van der Waals surface area (Å²) in [5, 5.41) is 9.06. The predicted molar refractivity (Wildman–Crippen MR) is 131 cm³/mol. The van der Waals surface area contributed by atoms with Crippen LogP contribution in [0.15, 0.2) is 50.5 Å². The second kappa shape index (κ2) is 9.76. The molecular weight excluding hydrogens is 560 g/mol. The molecule has 7 nitrogen and oxygen atoms in total. The molecule has 4 rings (SSSR count). The largest absolute Gasteiger partial charge is 0.492 e. The van der Waals surface area contributed by atoms with Crippen LogP contribution in [0.3, 0.4) is 0 Å². The van der Waals surface area contributed by atoms with Crippen LogP contribution in [0.1, 0.15) is 32.1 Å². The lowest BCUT2D eigenvalue weighted by Gasteiger charge is -2.32. The molecule has 3 aromatic rings. The maximum atomic E-state index is 13.3. The number of amides is 1. The highest BCUT2D eigenvalue weighted by atomic mass is 79.9. The average Bonchev–Trinajstić information content (AvgIpc) is 2.94. The Morgan fingerprint density at radius 1 is 1.22 bits per heavy atom. The maximum Gasteiger partial charge on any atom is 0.247 e. The lowest BCUT2D eigenvalue weighted by atomic mass is 10.1. The number of para-hydroxylation sites is 1. The number of benzene rings is 2. The van der Waals surface area contributed by atoms with Gasteiger partial charge in [-0.2, -0.15) is 4.98 Å². The molecule has 1 aromatic heterocycles. The van der Waals surface area contributed by atoms with Crippen LogP contribution in [0.2, 0.25) is 0 Å². The first kappa shape index (κ1) is 23.0. The highest BCUT2D eigenvalue weighted by Crippen LogP contribution is 2.47. The fourth-order valence-electron chi connectivity index (χ4n) is 3.50. The van der Waals surface area contributed by atoms with Crippen molar-refractivity contribution < 1.29 is 14.3 Å². The van der Waals surface area contributed by atoms with Crippen LogP contribution in [0.5, 0.6) is 11.6 Å². The molecule has 0 saturated carbocycles. The van der Waals surface area contributed by atoms with E-state index in [-0.39, 0.29) is 5.91 Å². The highest BCUT2D eigenvalue weighted by molar-refractivity contribution is 9.11. The molecule has 0 bridgehead atoms. The van der Waals surface area contributed by atoms with E-state index in [0.29, 0.717) is 46.8 Å². The Kier molecular flexibility index (Phi) is 7.02. The summed E-state index contributed by atoms with van der Waals surface area (Å²) >= 11 is 8.52. The number of thioether (sulfide) groups is 1. The third kappa shape index (κ3) is 4.23. The molecular formula is C22H20Br2N4O3S. The third-order valence-corrected chi connectivity index (χ3v) is 6.44. The Labute approximate surface area is 207 Å². The molecule has 0 fully saturated rings. The number of ether oxygens (including phenoxy) is 2. The lowest BCUT2D eigenvalue weighted by molar-refractivity contribution is -0.120. The Morgan fingerprint density at radius 2 is 2.00 bits per heavy atom. The van der Waals surface area contributed by atoms with Gasteiger partial charge in [0.05, 0.1) is 22.3 Å². The number of anilines is 1. The second-order valence-electron chi connectivity index (χ2n) is 6.80. The van der Waals surface area contributed by atoms with Crippen molar-refractivity contribution in [2.45, 2.75) is 31.7 Å². The van der Waals surface area contributed by atoms with Crippen molar-refractivity contribution in [3.8, 4) is 22.9 Å². The molecule has 10 heteroatoms. The summed E-state index contributed by atoms with van der Waals surface area (Å²) in [7, 11) is 0. The van der Waals surface area contributed by atoms with Crippen LogP contribution in [0.4, 0.5) is 5.69 Å². The average molecular weight is 580 g/mol. The summed E-state index contributed by atoms with van der Waals surface area (Å²) in [6.45, 7) is 4.19. The van der Waals surface area contributed by atoms with Crippen molar-refractivity contribution >= 4 is 55.2 Å². The minimum atomic E-state index is -0.827. The Balaban J connectivity index is 2.02. The summed E-state index contributed by atoms with van der Waals surface area (Å²) in [6.07, 6.45) is 1.34. The van der Waals surface area contributed by atoms with Gasteiger partial charge in [0.1, 0.15) is 5.75 Å². The van der Waals surface area contributed by atoms with Gasteiger partial charge in [0.2, 0.25) is 23.2 Å². The summed E-state index contributed by atoms with van der Waals surface area (Å²) in [5.41, 5.74) is 2.57. The molecule has 32 heavy (non-hydrogen) atoms. The second-order valence-corrected chi connectivity index (χ2v) is 9.34. The molecule has 0 N–H and O–H groups in total. The standard InChI is InChI=1S/C22H20Br2N4O3S/c1-4-17(29)28-16-9-7-6-8-13(16)18-20(25-22(32-3)27-26-18)31-21(28)14-10-12(23)11-15(24)19(14)30-5-2/h6-11,21H,4-5H2,1-3H3/t21-/m0/s1. The van der Waals surface area contributed by atoms with Gasteiger partial charge >= 0.3 is 0 Å². The van der Waals surface area contributed by atoms with Crippen LogP contribution in [-0.4, -0.2) is 34.0 Å². The quantitative estimate of drug-likeness (QED) is 0.342. The van der Waals surface area contributed by atoms with Gasteiger partial charge in [0.25, 0.3) is 0 Å². The summed E-state index contributed by atoms with van der Waals surface area (Å²) in [4.78, 5) is 19.5. The van der Waals surface area contributed by atoms with Gasteiger partial charge in [-0.25, -0.2) is 0 Å². The summed E-state index contributed by atoms with van der Waals surface area (Å²) < 4.78 is 14.0. The Morgan fingerprint density at radius 3 is 2.72 bits per heavy atom. The predicted octanol–water partition coefficient (Wildman–Crippen LogP) is 6.02. The molecule has 1 amide bonds. The van der Waals surface area contributed by atoms with Gasteiger partial charge in [-0.3, -0.25) is 9.69 Å². The van der Waals surface area contributed by atoms with Gasteiger partial charge < -0.3 is 9.47 Å². The first-order valence-electron chi connectivity index (χ1n) is 9.97. The number of fused-ring (bicyclic) bond motifs is 3. The topological polar surface area (TPSA) is 77.4 Å². The van der Waals surface area contributed by atoms with Crippen molar-refractivity contribution in [3.05, 3.63) is 50.9 Å². The first-order valence-corrected chi connectivity index (χ1v) is 12.8. The van der Waals surface area contributed by atoms with E-state index < -0.39 is 6.23 Å². The Hall–Kier alpha value is -2.17. The van der Waals surface area contributed by atoms with Gasteiger partial charge in [-0.15, -0.1) is 10.2 Å². The fraction of sp³-hybridized carbons (Fsp3) is 0.273. The maximum absolute atomic E-state index is 13.3. The minimum Gasteiger partial charge on any atom is -0.492 e. The molecule has 0 aliphatic carbocycles. The zero-order chi connectivity index (χ0) is 22.8. The number of hydrogen-bond donors (Lipinski definition) is 0. The van der Waals surface area contributed by atoms with Gasteiger partial charge in [-0.1, -0.05) is 52.8 Å². The number of carbonyl (C=O) groups excluding carboxylic acids is 1. The van der Waals surface area contributed by atoms with Gasteiger partial charge in [0.15, 0.2) is 5.69 Å². The molecule has 1 aliphatic rings. The zero-order valence-corrected chi connectivity index (χ0v) is 21.6. The molecule has 2 heterocycles. The van der Waals surface area contributed by atoms with Crippen molar-refractivity contribution in [2.75, 3.05) is 17.8 Å². The molecule has 0 saturated heterocycles. The van der Waals surface area contributed by atoms with Gasteiger partial charge in [-0.05, 0) is 47.3 Å². The SMILES string of the molecule is CCOc1c(Br)cc(Br)cc1[C@@H]1Oc2nc(SC)nnc2-c2ccccc2N1C(=O)CC. The lowest BCUT2D eigenvalue weighted by Crippen LogP contribution is -2.37. The van der Waals surface area contributed by atoms with E-state index in [1.165, 1.54) is 11.8 Å². The molecule has 0 spiro atoms.